The Balaban J connectivity index is 1.62. The Kier molecular flexibility index (Phi) is 6.67. The standard InChI is InChI=1S/C22H29FN2O2/c1-16(2)25(14-17-8-6-7-11-20(17)23)15-19-12-13-21(27-19)22(26)24-18-9-4-3-5-10-18/h6-8,11-13,16,18H,3-5,9-10,14-15H2,1-2H3,(H,24,26). The molecule has 1 amide bonds. The molecule has 0 bridgehead atoms. The third-order valence-electron chi connectivity index (χ3n) is 5.25. The number of nitrogens with zero attached hydrogens (tertiary/aromatic N) is 1. The molecule has 0 saturated heterocycles. The van der Waals surface area contributed by atoms with E-state index in [1.165, 1.54) is 25.3 Å². The zero-order chi connectivity index (χ0) is 19.2. The van der Waals surface area contributed by atoms with Crippen molar-refractivity contribution >= 4 is 5.91 Å². The van der Waals surface area contributed by atoms with Crippen molar-refractivity contribution < 1.29 is 13.6 Å². The maximum atomic E-state index is 14.0. The molecule has 27 heavy (non-hydrogen) atoms. The summed E-state index contributed by atoms with van der Waals surface area (Å²) in [6, 6.07) is 10.9. The van der Waals surface area contributed by atoms with Gasteiger partial charge in [0.15, 0.2) is 5.76 Å². The van der Waals surface area contributed by atoms with Crippen molar-refractivity contribution in [1.29, 1.82) is 0 Å². The van der Waals surface area contributed by atoms with Gasteiger partial charge in [0.25, 0.3) is 5.91 Å². The number of carbonyl (C=O) groups is 1. The maximum absolute atomic E-state index is 14.0. The zero-order valence-electron chi connectivity index (χ0n) is 16.2. The molecule has 0 spiro atoms. The first-order chi connectivity index (χ1) is 13.0. The van der Waals surface area contributed by atoms with Gasteiger partial charge in [0.1, 0.15) is 11.6 Å². The minimum absolute atomic E-state index is 0.140. The molecule has 0 atom stereocenters. The van der Waals surface area contributed by atoms with E-state index in [4.69, 9.17) is 4.42 Å². The fourth-order valence-corrected chi connectivity index (χ4v) is 3.56. The number of carbonyl (C=O) groups excluding carboxylic acids is 1. The summed E-state index contributed by atoms with van der Waals surface area (Å²) in [6.45, 7) is 5.16. The van der Waals surface area contributed by atoms with E-state index in [0.717, 1.165) is 12.8 Å². The van der Waals surface area contributed by atoms with Gasteiger partial charge in [0.05, 0.1) is 6.54 Å². The molecule has 1 heterocycles. The van der Waals surface area contributed by atoms with Crippen LogP contribution in [0.2, 0.25) is 0 Å². The van der Waals surface area contributed by atoms with Gasteiger partial charge in [-0.15, -0.1) is 0 Å². The van der Waals surface area contributed by atoms with Crippen molar-refractivity contribution in [2.24, 2.45) is 0 Å². The molecule has 1 aromatic heterocycles. The Labute approximate surface area is 160 Å². The summed E-state index contributed by atoms with van der Waals surface area (Å²) in [6.07, 6.45) is 5.69. The van der Waals surface area contributed by atoms with E-state index in [9.17, 15) is 9.18 Å². The number of amides is 1. The number of halogens is 1. The molecule has 4 nitrogen and oxygen atoms in total. The Bertz CT molecular complexity index is 750. The summed E-state index contributed by atoms with van der Waals surface area (Å²) in [5, 5.41) is 3.08. The third-order valence-corrected chi connectivity index (χ3v) is 5.25. The topological polar surface area (TPSA) is 45.5 Å². The molecule has 1 aliphatic rings. The van der Waals surface area contributed by atoms with Crippen molar-refractivity contribution in [2.75, 3.05) is 0 Å². The van der Waals surface area contributed by atoms with Gasteiger partial charge < -0.3 is 9.73 Å². The van der Waals surface area contributed by atoms with E-state index < -0.39 is 0 Å². The predicted molar refractivity (Wildman–Crippen MR) is 104 cm³/mol. The molecule has 1 aliphatic carbocycles. The van der Waals surface area contributed by atoms with Crippen LogP contribution in [0.5, 0.6) is 0 Å². The Morgan fingerprint density at radius 2 is 1.89 bits per heavy atom. The van der Waals surface area contributed by atoms with Crippen molar-refractivity contribution in [1.82, 2.24) is 10.2 Å². The second kappa shape index (κ2) is 9.18. The van der Waals surface area contributed by atoms with Gasteiger partial charge in [-0.05, 0) is 44.9 Å². The van der Waals surface area contributed by atoms with Gasteiger partial charge in [0.2, 0.25) is 0 Å². The van der Waals surface area contributed by atoms with Gasteiger partial charge in [0, 0.05) is 24.2 Å². The highest BCUT2D eigenvalue weighted by Crippen LogP contribution is 2.20. The van der Waals surface area contributed by atoms with Crippen molar-refractivity contribution in [3.8, 4) is 0 Å². The fraction of sp³-hybridized carbons (Fsp3) is 0.500. The van der Waals surface area contributed by atoms with Crippen LogP contribution in [-0.4, -0.2) is 22.9 Å². The van der Waals surface area contributed by atoms with Crippen molar-refractivity contribution in [3.05, 3.63) is 59.3 Å². The number of benzene rings is 1. The highest BCUT2D eigenvalue weighted by molar-refractivity contribution is 5.91. The van der Waals surface area contributed by atoms with Gasteiger partial charge >= 0.3 is 0 Å². The second-order valence-electron chi connectivity index (χ2n) is 7.66. The number of furan rings is 1. The molecule has 2 aromatic rings. The fourth-order valence-electron chi connectivity index (χ4n) is 3.56. The molecular formula is C22H29FN2O2. The number of rotatable bonds is 7. The minimum atomic E-state index is -0.199. The van der Waals surface area contributed by atoms with Crippen LogP contribution in [-0.2, 0) is 13.1 Å². The third kappa shape index (κ3) is 5.42. The average molecular weight is 372 g/mol. The lowest BCUT2D eigenvalue weighted by Crippen LogP contribution is -2.36. The molecule has 1 saturated carbocycles. The summed E-state index contributed by atoms with van der Waals surface area (Å²) >= 11 is 0. The predicted octanol–water partition coefficient (Wildman–Crippen LogP) is 4.89. The van der Waals surface area contributed by atoms with E-state index in [1.807, 2.05) is 12.1 Å². The molecule has 1 aromatic carbocycles. The number of hydrogen-bond acceptors (Lipinski definition) is 3. The highest BCUT2D eigenvalue weighted by atomic mass is 19.1. The van der Waals surface area contributed by atoms with Gasteiger partial charge in [-0.3, -0.25) is 9.69 Å². The lowest BCUT2D eigenvalue weighted by atomic mass is 9.95. The summed E-state index contributed by atoms with van der Waals surface area (Å²) in [5.74, 6) is 0.729. The lowest BCUT2D eigenvalue weighted by molar-refractivity contribution is 0.0894. The van der Waals surface area contributed by atoms with E-state index >= 15 is 0 Å². The second-order valence-corrected chi connectivity index (χ2v) is 7.66. The van der Waals surface area contributed by atoms with Crippen LogP contribution in [0.4, 0.5) is 4.39 Å². The van der Waals surface area contributed by atoms with Crippen LogP contribution in [0.15, 0.2) is 40.8 Å². The van der Waals surface area contributed by atoms with E-state index in [1.54, 1.807) is 18.2 Å². The van der Waals surface area contributed by atoms with Gasteiger partial charge in [-0.2, -0.15) is 0 Å². The molecule has 0 radical (unpaired) electrons. The largest absolute Gasteiger partial charge is 0.455 e. The zero-order valence-corrected chi connectivity index (χ0v) is 16.2. The number of hydrogen-bond donors (Lipinski definition) is 1. The lowest BCUT2D eigenvalue weighted by Gasteiger charge is -2.25. The molecule has 3 rings (SSSR count). The molecule has 0 unspecified atom stereocenters. The van der Waals surface area contributed by atoms with Crippen LogP contribution in [0.3, 0.4) is 0 Å². The summed E-state index contributed by atoms with van der Waals surface area (Å²) < 4.78 is 19.8. The van der Waals surface area contributed by atoms with Crippen molar-refractivity contribution in [2.45, 2.75) is 71.1 Å². The average Bonchev–Trinajstić information content (AvgIpc) is 3.12. The molecule has 0 aliphatic heterocycles. The van der Waals surface area contributed by atoms with Crippen LogP contribution < -0.4 is 5.32 Å². The minimum Gasteiger partial charge on any atom is -0.455 e. The van der Waals surface area contributed by atoms with Crippen LogP contribution in [0, 0.1) is 5.82 Å². The summed E-state index contributed by atoms with van der Waals surface area (Å²) in [5.41, 5.74) is 0.660. The quantitative estimate of drug-likeness (QED) is 0.752. The first-order valence-corrected chi connectivity index (χ1v) is 9.90. The maximum Gasteiger partial charge on any atom is 0.287 e. The SMILES string of the molecule is CC(C)N(Cc1ccc(C(=O)NC2CCCCC2)o1)Cc1ccccc1F. The van der Waals surface area contributed by atoms with E-state index in [2.05, 4.69) is 24.1 Å². The van der Waals surface area contributed by atoms with E-state index in [0.29, 0.717) is 30.2 Å². The summed E-state index contributed by atoms with van der Waals surface area (Å²) in [4.78, 5) is 14.5. The normalized spacial score (nSPS) is 15.4. The van der Waals surface area contributed by atoms with E-state index in [-0.39, 0.29) is 23.8 Å². The summed E-state index contributed by atoms with van der Waals surface area (Å²) in [7, 11) is 0. The molecular weight excluding hydrogens is 343 g/mol. The Morgan fingerprint density at radius 3 is 2.59 bits per heavy atom. The first kappa shape index (κ1) is 19.6. The Hall–Kier alpha value is -2.14. The Morgan fingerprint density at radius 1 is 1.15 bits per heavy atom. The van der Waals surface area contributed by atoms with Gasteiger partial charge in [-0.25, -0.2) is 4.39 Å². The van der Waals surface area contributed by atoms with Crippen LogP contribution in [0.25, 0.3) is 0 Å². The van der Waals surface area contributed by atoms with Gasteiger partial charge in [-0.1, -0.05) is 37.5 Å². The number of nitrogens with one attached hydrogen (secondary N) is 1. The van der Waals surface area contributed by atoms with Crippen molar-refractivity contribution in [3.63, 3.8) is 0 Å². The van der Waals surface area contributed by atoms with Crippen LogP contribution >= 0.6 is 0 Å². The first-order valence-electron chi connectivity index (χ1n) is 9.90. The van der Waals surface area contributed by atoms with Crippen LogP contribution in [0.1, 0.15) is 67.8 Å². The highest BCUT2D eigenvalue weighted by Gasteiger charge is 2.20. The molecule has 5 heteroatoms. The molecule has 146 valence electrons. The smallest absolute Gasteiger partial charge is 0.287 e. The monoisotopic (exact) mass is 372 g/mol. The molecule has 1 fully saturated rings. The molecule has 1 N–H and O–H groups in total.